The molecule has 1 N–H and O–H groups in total. The van der Waals surface area contributed by atoms with Crippen molar-refractivity contribution in [2.24, 2.45) is 0 Å². The SMILES string of the molecule is O/C(=C\c1ccc2ccccc2n1)c1ccncc1. The van der Waals surface area contributed by atoms with Crippen molar-refractivity contribution in [2.75, 3.05) is 0 Å². The second kappa shape index (κ2) is 4.90. The van der Waals surface area contributed by atoms with Crippen molar-refractivity contribution in [3.05, 3.63) is 72.2 Å². The van der Waals surface area contributed by atoms with Gasteiger partial charge in [-0.2, -0.15) is 0 Å². The molecule has 0 aliphatic rings. The molecule has 19 heavy (non-hydrogen) atoms. The van der Waals surface area contributed by atoms with Crippen LogP contribution in [0.2, 0.25) is 0 Å². The molecule has 0 bridgehead atoms. The van der Waals surface area contributed by atoms with Crippen LogP contribution in [0.1, 0.15) is 11.3 Å². The molecule has 3 heteroatoms. The Morgan fingerprint density at radius 1 is 0.947 bits per heavy atom. The zero-order valence-corrected chi connectivity index (χ0v) is 10.2. The first-order valence-corrected chi connectivity index (χ1v) is 6.00. The summed E-state index contributed by atoms with van der Waals surface area (Å²) in [5.41, 5.74) is 2.37. The second-order valence-electron chi connectivity index (χ2n) is 4.19. The number of aliphatic hydroxyl groups excluding tert-OH is 1. The lowest BCUT2D eigenvalue weighted by molar-refractivity contribution is 0.515. The zero-order chi connectivity index (χ0) is 13.1. The molecule has 3 rings (SSSR count). The first-order chi connectivity index (χ1) is 9.33. The minimum absolute atomic E-state index is 0.185. The number of nitrogens with zero attached hydrogens (tertiary/aromatic N) is 2. The molecule has 0 amide bonds. The number of aromatic nitrogens is 2. The average Bonchev–Trinajstić information content (AvgIpc) is 2.48. The maximum atomic E-state index is 10.0. The number of para-hydroxylation sites is 1. The van der Waals surface area contributed by atoms with Gasteiger partial charge in [-0.25, -0.2) is 4.98 Å². The molecular weight excluding hydrogens is 236 g/mol. The van der Waals surface area contributed by atoms with Gasteiger partial charge in [0.2, 0.25) is 0 Å². The van der Waals surface area contributed by atoms with Gasteiger partial charge in [0.1, 0.15) is 5.76 Å². The van der Waals surface area contributed by atoms with Crippen molar-refractivity contribution in [2.45, 2.75) is 0 Å². The number of benzene rings is 1. The van der Waals surface area contributed by atoms with E-state index in [-0.39, 0.29) is 5.76 Å². The van der Waals surface area contributed by atoms with Crippen molar-refractivity contribution >= 4 is 22.7 Å². The van der Waals surface area contributed by atoms with E-state index in [1.165, 1.54) is 0 Å². The van der Waals surface area contributed by atoms with E-state index in [0.29, 0.717) is 0 Å². The molecule has 3 aromatic rings. The molecule has 1 aromatic carbocycles. The van der Waals surface area contributed by atoms with Crippen LogP contribution in [0.25, 0.3) is 22.7 Å². The summed E-state index contributed by atoms with van der Waals surface area (Å²) in [5, 5.41) is 11.1. The number of hydrogen-bond donors (Lipinski definition) is 1. The maximum absolute atomic E-state index is 10.0. The Morgan fingerprint density at radius 3 is 2.58 bits per heavy atom. The number of hydrogen-bond acceptors (Lipinski definition) is 3. The Labute approximate surface area is 110 Å². The molecule has 2 aromatic heterocycles. The molecule has 92 valence electrons. The topological polar surface area (TPSA) is 46.0 Å². The van der Waals surface area contributed by atoms with Crippen molar-refractivity contribution in [3.8, 4) is 0 Å². The third-order valence-corrected chi connectivity index (χ3v) is 2.88. The maximum Gasteiger partial charge on any atom is 0.125 e. The summed E-state index contributed by atoms with van der Waals surface area (Å²) in [7, 11) is 0. The molecule has 0 spiro atoms. The Bertz CT molecular complexity index is 736. The summed E-state index contributed by atoms with van der Waals surface area (Å²) in [6, 6.07) is 15.3. The molecule has 0 atom stereocenters. The van der Waals surface area contributed by atoms with E-state index in [9.17, 15) is 5.11 Å². The van der Waals surface area contributed by atoms with E-state index in [4.69, 9.17) is 0 Å². The molecule has 0 fully saturated rings. The Morgan fingerprint density at radius 2 is 1.74 bits per heavy atom. The lowest BCUT2D eigenvalue weighted by Crippen LogP contribution is -1.87. The van der Waals surface area contributed by atoms with E-state index in [0.717, 1.165) is 22.2 Å². The minimum atomic E-state index is 0.185. The quantitative estimate of drug-likeness (QED) is 0.703. The minimum Gasteiger partial charge on any atom is -0.507 e. The fraction of sp³-hybridized carbons (Fsp3) is 0. The van der Waals surface area contributed by atoms with Crippen LogP contribution in [0.4, 0.5) is 0 Å². The van der Waals surface area contributed by atoms with Gasteiger partial charge in [-0.05, 0) is 24.3 Å². The van der Waals surface area contributed by atoms with E-state index in [2.05, 4.69) is 9.97 Å². The van der Waals surface area contributed by atoms with Crippen molar-refractivity contribution in [1.82, 2.24) is 9.97 Å². The summed E-state index contributed by atoms with van der Waals surface area (Å²) in [6.07, 6.45) is 4.95. The first kappa shape index (κ1) is 11.4. The van der Waals surface area contributed by atoms with Crippen LogP contribution in [-0.2, 0) is 0 Å². The van der Waals surface area contributed by atoms with Gasteiger partial charge in [0.15, 0.2) is 0 Å². The number of rotatable bonds is 2. The lowest BCUT2D eigenvalue weighted by Gasteiger charge is -2.01. The van der Waals surface area contributed by atoms with Gasteiger partial charge >= 0.3 is 0 Å². The number of aliphatic hydroxyl groups is 1. The number of pyridine rings is 2. The van der Waals surface area contributed by atoms with Gasteiger partial charge in [-0.3, -0.25) is 4.98 Å². The largest absolute Gasteiger partial charge is 0.507 e. The highest BCUT2D eigenvalue weighted by Gasteiger charge is 2.00. The normalized spacial score (nSPS) is 11.7. The third kappa shape index (κ3) is 2.45. The molecule has 3 nitrogen and oxygen atoms in total. The van der Waals surface area contributed by atoms with Crippen molar-refractivity contribution in [3.63, 3.8) is 0 Å². The summed E-state index contributed by atoms with van der Waals surface area (Å²) in [6.45, 7) is 0. The molecule has 0 saturated heterocycles. The van der Waals surface area contributed by atoms with Gasteiger partial charge < -0.3 is 5.11 Å². The number of fused-ring (bicyclic) bond motifs is 1. The summed E-state index contributed by atoms with van der Waals surface area (Å²) in [5.74, 6) is 0.185. The summed E-state index contributed by atoms with van der Waals surface area (Å²) in [4.78, 5) is 8.41. The van der Waals surface area contributed by atoms with E-state index in [1.807, 2.05) is 36.4 Å². The Hall–Kier alpha value is -2.68. The van der Waals surface area contributed by atoms with Crippen LogP contribution < -0.4 is 0 Å². The van der Waals surface area contributed by atoms with E-state index < -0.39 is 0 Å². The highest BCUT2D eigenvalue weighted by atomic mass is 16.3. The van der Waals surface area contributed by atoms with Gasteiger partial charge in [-0.1, -0.05) is 24.3 Å². The first-order valence-electron chi connectivity index (χ1n) is 6.00. The molecular formula is C16H12N2O. The summed E-state index contributed by atoms with van der Waals surface area (Å²) < 4.78 is 0. The summed E-state index contributed by atoms with van der Waals surface area (Å²) >= 11 is 0. The van der Waals surface area contributed by atoms with Gasteiger partial charge in [-0.15, -0.1) is 0 Å². The highest BCUT2D eigenvalue weighted by Crippen LogP contribution is 2.16. The van der Waals surface area contributed by atoms with Gasteiger partial charge in [0, 0.05) is 29.4 Å². The fourth-order valence-corrected chi connectivity index (χ4v) is 1.91. The molecule has 2 heterocycles. The molecule has 0 aliphatic heterocycles. The smallest absolute Gasteiger partial charge is 0.125 e. The predicted octanol–water partition coefficient (Wildman–Crippen LogP) is 3.69. The van der Waals surface area contributed by atoms with Crippen molar-refractivity contribution in [1.29, 1.82) is 0 Å². The fourth-order valence-electron chi connectivity index (χ4n) is 1.91. The highest BCUT2D eigenvalue weighted by molar-refractivity contribution is 5.82. The van der Waals surface area contributed by atoms with Crippen LogP contribution in [0, 0.1) is 0 Å². The Balaban J connectivity index is 2.01. The molecule has 0 radical (unpaired) electrons. The Kier molecular flexibility index (Phi) is 2.94. The second-order valence-corrected chi connectivity index (χ2v) is 4.19. The average molecular weight is 248 g/mol. The van der Waals surface area contributed by atoms with Crippen LogP contribution in [0.5, 0.6) is 0 Å². The molecule has 0 unspecified atom stereocenters. The van der Waals surface area contributed by atoms with E-state index >= 15 is 0 Å². The van der Waals surface area contributed by atoms with Gasteiger partial charge in [0.05, 0.1) is 11.2 Å². The zero-order valence-electron chi connectivity index (χ0n) is 10.2. The van der Waals surface area contributed by atoms with Crippen LogP contribution in [0.15, 0.2) is 60.9 Å². The predicted molar refractivity (Wildman–Crippen MR) is 76.5 cm³/mol. The third-order valence-electron chi connectivity index (χ3n) is 2.88. The standard InChI is InChI=1S/C16H12N2O/c19-16(13-7-9-17-10-8-13)11-14-6-5-12-3-1-2-4-15(12)18-14/h1-11,19H/b16-11-. The monoisotopic (exact) mass is 248 g/mol. The lowest BCUT2D eigenvalue weighted by atomic mass is 10.1. The van der Waals surface area contributed by atoms with Gasteiger partial charge in [0.25, 0.3) is 0 Å². The molecule has 0 aliphatic carbocycles. The van der Waals surface area contributed by atoms with E-state index in [1.54, 1.807) is 30.6 Å². The van der Waals surface area contributed by atoms with Crippen molar-refractivity contribution < 1.29 is 5.11 Å². The van der Waals surface area contributed by atoms with Crippen LogP contribution >= 0.6 is 0 Å². The van der Waals surface area contributed by atoms with Crippen LogP contribution in [-0.4, -0.2) is 15.1 Å². The molecule has 0 saturated carbocycles. The van der Waals surface area contributed by atoms with Crippen LogP contribution in [0.3, 0.4) is 0 Å².